The molecule has 14 heavy (non-hydrogen) atoms. The molecule has 1 rings (SSSR count). The zero-order valence-corrected chi connectivity index (χ0v) is 8.30. The van der Waals surface area contributed by atoms with Gasteiger partial charge in [-0.3, -0.25) is 4.52 Å². The first-order valence-electron chi connectivity index (χ1n) is 4.08. The predicted octanol–water partition coefficient (Wildman–Crippen LogP) is -1.46. The van der Waals surface area contributed by atoms with Crippen LogP contribution in [0.25, 0.3) is 0 Å². The molecule has 0 amide bonds. The molecule has 0 N–H and O–H groups in total. The van der Waals surface area contributed by atoms with Gasteiger partial charge in [0.15, 0.2) is 6.08 Å². The van der Waals surface area contributed by atoms with Gasteiger partial charge in [0, 0.05) is 0 Å². The van der Waals surface area contributed by atoms with Crippen molar-refractivity contribution in [1.29, 1.82) is 0 Å². The molecule has 0 aliphatic rings. The van der Waals surface area contributed by atoms with E-state index in [0.717, 1.165) is 0 Å². The lowest BCUT2D eigenvalue weighted by molar-refractivity contribution is -0.753. The Labute approximate surface area is 81.2 Å². The summed E-state index contributed by atoms with van der Waals surface area (Å²) in [7, 11) is 3.55. The van der Waals surface area contributed by atoms with Crippen molar-refractivity contribution in [3.05, 3.63) is 6.20 Å². The van der Waals surface area contributed by atoms with Gasteiger partial charge < -0.3 is 9.84 Å². The van der Waals surface area contributed by atoms with E-state index in [9.17, 15) is 5.11 Å². The Bertz CT molecular complexity index is 320. The van der Waals surface area contributed by atoms with E-state index in [1.807, 2.05) is 0 Å². The van der Waals surface area contributed by atoms with Gasteiger partial charge in [-0.1, -0.05) is 6.92 Å². The average Bonchev–Trinajstić information content (AvgIpc) is 2.53. The van der Waals surface area contributed by atoms with E-state index in [1.54, 1.807) is 26.0 Å². The molecule has 78 valence electrons. The molecule has 0 saturated carbocycles. The van der Waals surface area contributed by atoms with Crippen LogP contribution in [0.4, 0.5) is 5.88 Å². The van der Waals surface area contributed by atoms with Crippen molar-refractivity contribution in [2.75, 3.05) is 25.7 Å². The summed E-state index contributed by atoms with van der Waals surface area (Å²) in [6.07, 6.45) is 0.784. The summed E-state index contributed by atoms with van der Waals surface area (Å²) in [5.74, 6) is 0.108. The number of nitrogens with zero attached hydrogens (tertiary/aromatic N) is 4. The number of aromatic nitrogens is 2. The van der Waals surface area contributed by atoms with E-state index in [1.165, 1.54) is 11.0 Å². The molecule has 0 atom stereocenters. The van der Waals surface area contributed by atoms with Crippen LogP contribution in [0, 0.1) is 0 Å². The van der Waals surface area contributed by atoms with Crippen molar-refractivity contribution in [3.8, 4) is 0 Å². The highest BCUT2D eigenvalue weighted by atomic mass is 16.6. The highest BCUT2D eigenvalue weighted by Crippen LogP contribution is 2.04. The first-order chi connectivity index (χ1) is 6.63. The molecule has 7 heteroatoms. The Kier molecular flexibility index (Phi) is 3.27. The molecule has 0 spiro atoms. The minimum atomic E-state index is -0.686. The summed E-state index contributed by atoms with van der Waals surface area (Å²) in [5, 5.41) is 16.1. The van der Waals surface area contributed by atoms with Crippen LogP contribution >= 0.6 is 0 Å². The molecule has 1 aromatic rings. The zero-order valence-electron chi connectivity index (χ0n) is 8.30. The monoisotopic (exact) mass is 200 g/mol. The fraction of sp³-hybridized carbons (Fsp3) is 0.571. The minimum Gasteiger partial charge on any atom is -0.600 e. The molecule has 0 radical (unpaired) electrons. The quantitative estimate of drug-likeness (QED) is 0.338. The van der Waals surface area contributed by atoms with Crippen LogP contribution in [0.3, 0.4) is 0 Å². The summed E-state index contributed by atoms with van der Waals surface area (Å²) in [5.41, 5.74) is 0. The molecule has 1 aromatic heterocycles. The summed E-state index contributed by atoms with van der Waals surface area (Å²) < 4.78 is 9.35. The smallest absolute Gasteiger partial charge is 0.326 e. The van der Waals surface area contributed by atoms with Crippen molar-refractivity contribution in [2.24, 2.45) is 4.99 Å². The van der Waals surface area contributed by atoms with Gasteiger partial charge in [-0.05, 0) is 6.61 Å². The van der Waals surface area contributed by atoms with E-state index < -0.39 is 6.08 Å². The Hall–Kier alpha value is -1.79. The lowest BCUT2D eigenvalue weighted by Crippen LogP contribution is -2.53. The fourth-order valence-corrected chi connectivity index (χ4v) is 0.713. The Morgan fingerprint density at radius 2 is 2.50 bits per heavy atom. The van der Waals surface area contributed by atoms with E-state index in [2.05, 4.69) is 15.0 Å². The third-order valence-electron chi connectivity index (χ3n) is 1.32. The first-order valence-corrected chi connectivity index (χ1v) is 4.08. The molecule has 0 saturated heterocycles. The van der Waals surface area contributed by atoms with E-state index in [4.69, 9.17) is 4.52 Å². The van der Waals surface area contributed by atoms with Crippen LogP contribution < -0.4 is 14.9 Å². The highest BCUT2D eigenvalue weighted by Gasteiger charge is 2.12. The highest BCUT2D eigenvalue weighted by molar-refractivity contribution is 5.64. The van der Waals surface area contributed by atoms with Gasteiger partial charge in [0.25, 0.3) is 6.20 Å². The van der Waals surface area contributed by atoms with Crippen LogP contribution in [0.5, 0.6) is 0 Å². The van der Waals surface area contributed by atoms with Crippen molar-refractivity contribution >= 4 is 12.0 Å². The molecular formula is C7H12N4O3. The van der Waals surface area contributed by atoms with Crippen molar-refractivity contribution < 1.29 is 19.2 Å². The maximum Gasteiger partial charge on any atom is 0.326 e. The molecule has 0 aliphatic heterocycles. The number of ether oxygens (including phenoxy) is 1. The van der Waals surface area contributed by atoms with Gasteiger partial charge in [0.2, 0.25) is 5.27 Å². The Morgan fingerprint density at radius 3 is 3.00 bits per heavy atom. The lowest BCUT2D eigenvalue weighted by atomic mass is 10.8. The van der Waals surface area contributed by atoms with Gasteiger partial charge in [0.1, 0.15) is 0 Å². The topological polar surface area (TPSA) is 77.8 Å². The summed E-state index contributed by atoms with van der Waals surface area (Å²) >= 11 is 0. The maximum atomic E-state index is 10.9. The second-order valence-electron chi connectivity index (χ2n) is 2.62. The van der Waals surface area contributed by atoms with Gasteiger partial charge in [-0.2, -0.15) is 10.0 Å². The third kappa shape index (κ3) is 2.61. The molecule has 0 fully saturated rings. The number of hydrogen-bond donors (Lipinski definition) is 0. The minimum absolute atomic E-state index is 0.108. The van der Waals surface area contributed by atoms with Gasteiger partial charge in [-0.25, -0.2) is 0 Å². The molecule has 1 heterocycles. The maximum absolute atomic E-state index is 10.9. The zero-order chi connectivity index (χ0) is 10.6. The molecule has 7 nitrogen and oxygen atoms in total. The molecule has 0 unspecified atom stereocenters. The van der Waals surface area contributed by atoms with Gasteiger partial charge in [0.05, 0.1) is 18.9 Å². The predicted molar refractivity (Wildman–Crippen MR) is 45.5 cm³/mol. The standard InChI is InChI=1S/C7H12N4O3/c1-4-13-7(12)8-6-5-11(9-14-6)10(2)3/h5H,4H2,1-3H3. The largest absolute Gasteiger partial charge is 0.600 e. The van der Waals surface area contributed by atoms with Crippen LogP contribution in [-0.2, 0) is 4.74 Å². The number of hydrogen-bond acceptors (Lipinski definition) is 6. The normalized spacial score (nSPS) is 11.5. The average molecular weight is 200 g/mol. The van der Waals surface area contributed by atoms with Crippen molar-refractivity contribution in [2.45, 2.75) is 6.92 Å². The molecule has 0 aromatic carbocycles. The SMILES string of the molecule is CCOC([O-])=Nc1c[n+](N(C)C)no1. The Morgan fingerprint density at radius 1 is 1.79 bits per heavy atom. The lowest BCUT2D eigenvalue weighted by Gasteiger charge is -2.07. The number of rotatable bonds is 3. The number of aliphatic imine (C=N–C) groups is 1. The second kappa shape index (κ2) is 4.45. The molecule has 0 bridgehead atoms. The Balaban J connectivity index is 2.72. The van der Waals surface area contributed by atoms with E-state index >= 15 is 0 Å². The summed E-state index contributed by atoms with van der Waals surface area (Å²) in [6, 6.07) is 0. The first kappa shape index (κ1) is 10.3. The van der Waals surface area contributed by atoms with Crippen LogP contribution in [0.2, 0.25) is 0 Å². The van der Waals surface area contributed by atoms with E-state index in [0.29, 0.717) is 0 Å². The summed E-state index contributed by atoms with van der Waals surface area (Å²) in [4.78, 5) is 4.91. The molecule has 0 aliphatic carbocycles. The third-order valence-corrected chi connectivity index (χ3v) is 1.32. The van der Waals surface area contributed by atoms with Crippen molar-refractivity contribution in [3.63, 3.8) is 0 Å². The fourth-order valence-electron chi connectivity index (χ4n) is 0.713. The van der Waals surface area contributed by atoms with Crippen molar-refractivity contribution in [1.82, 2.24) is 5.27 Å². The van der Waals surface area contributed by atoms with E-state index in [-0.39, 0.29) is 12.5 Å². The van der Waals surface area contributed by atoms with Crippen LogP contribution in [0.1, 0.15) is 6.92 Å². The van der Waals surface area contributed by atoms with Gasteiger partial charge >= 0.3 is 5.88 Å². The summed E-state index contributed by atoms with van der Waals surface area (Å²) in [6.45, 7) is 1.98. The second-order valence-corrected chi connectivity index (χ2v) is 2.62. The van der Waals surface area contributed by atoms with Crippen LogP contribution in [-0.4, -0.2) is 32.1 Å². The van der Waals surface area contributed by atoms with Crippen LogP contribution in [0.15, 0.2) is 15.7 Å². The van der Waals surface area contributed by atoms with Gasteiger partial charge in [-0.15, -0.1) is 0 Å². The molecular weight excluding hydrogens is 188 g/mol.